The van der Waals surface area contributed by atoms with Crippen LogP contribution in [0, 0.1) is 0 Å². The van der Waals surface area contributed by atoms with E-state index >= 15 is 0 Å². The Morgan fingerprint density at radius 2 is 1.86 bits per heavy atom. The van der Waals surface area contributed by atoms with Crippen LogP contribution in [0.1, 0.15) is 0 Å². The molecule has 1 aromatic carbocycles. The number of ether oxygens (including phenoxy) is 1. The minimum absolute atomic E-state index is 0.0596. The van der Waals surface area contributed by atoms with Crippen LogP contribution < -0.4 is 4.74 Å². The van der Waals surface area contributed by atoms with Gasteiger partial charge in [0.25, 0.3) is 0 Å². The third kappa shape index (κ3) is 5.70. The van der Waals surface area contributed by atoms with Gasteiger partial charge in [-0.05, 0) is 24.3 Å². The smallest absolute Gasteiger partial charge is 0.236 e. The van der Waals surface area contributed by atoms with E-state index in [9.17, 15) is 9.59 Å². The SMILES string of the molecule is COc1ccc(-c2nc(SCC(=O)N3CCN(CC(=O)N(C)C)CC3)n[nH]2)cc1. The van der Waals surface area contributed by atoms with Crippen LogP contribution in [-0.2, 0) is 9.59 Å². The van der Waals surface area contributed by atoms with E-state index in [2.05, 4.69) is 20.1 Å². The van der Waals surface area contributed by atoms with E-state index in [4.69, 9.17) is 4.74 Å². The number of benzene rings is 1. The minimum atomic E-state index is 0.0596. The zero-order valence-corrected chi connectivity index (χ0v) is 17.7. The number of rotatable bonds is 7. The molecular weight excluding hydrogens is 392 g/mol. The van der Waals surface area contributed by atoms with Gasteiger partial charge in [-0.1, -0.05) is 11.8 Å². The fourth-order valence-corrected chi connectivity index (χ4v) is 3.60. The molecule has 1 fully saturated rings. The highest BCUT2D eigenvalue weighted by molar-refractivity contribution is 7.99. The highest BCUT2D eigenvalue weighted by Gasteiger charge is 2.23. The van der Waals surface area contributed by atoms with Gasteiger partial charge in [-0.3, -0.25) is 19.6 Å². The maximum Gasteiger partial charge on any atom is 0.236 e. The summed E-state index contributed by atoms with van der Waals surface area (Å²) < 4.78 is 5.15. The number of hydrogen-bond donors (Lipinski definition) is 1. The van der Waals surface area contributed by atoms with Crippen LogP contribution in [0.15, 0.2) is 29.4 Å². The molecule has 0 spiro atoms. The van der Waals surface area contributed by atoms with Crippen LogP contribution in [0.4, 0.5) is 0 Å². The molecule has 0 unspecified atom stereocenters. The predicted octanol–water partition coefficient (Wildman–Crippen LogP) is 0.805. The minimum Gasteiger partial charge on any atom is -0.497 e. The number of piperazine rings is 1. The number of nitrogens with one attached hydrogen (secondary N) is 1. The Hall–Kier alpha value is -2.59. The number of aromatic nitrogens is 3. The van der Waals surface area contributed by atoms with E-state index in [0.717, 1.165) is 11.3 Å². The summed E-state index contributed by atoms with van der Waals surface area (Å²) >= 11 is 1.32. The number of carbonyl (C=O) groups is 2. The summed E-state index contributed by atoms with van der Waals surface area (Å²) in [5.41, 5.74) is 0.903. The van der Waals surface area contributed by atoms with Gasteiger partial charge in [0, 0.05) is 45.8 Å². The first-order chi connectivity index (χ1) is 14.0. The van der Waals surface area contributed by atoms with Crippen molar-refractivity contribution in [3.8, 4) is 17.1 Å². The number of hydrogen-bond acceptors (Lipinski definition) is 7. The summed E-state index contributed by atoms with van der Waals surface area (Å²) in [6.07, 6.45) is 0. The van der Waals surface area contributed by atoms with E-state index in [1.54, 1.807) is 26.1 Å². The Morgan fingerprint density at radius 1 is 1.17 bits per heavy atom. The molecule has 1 aliphatic heterocycles. The highest BCUT2D eigenvalue weighted by atomic mass is 32.2. The van der Waals surface area contributed by atoms with E-state index in [1.807, 2.05) is 29.2 Å². The van der Waals surface area contributed by atoms with Gasteiger partial charge in [0.1, 0.15) is 5.75 Å². The molecule has 9 nitrogen and oxygen atoms in total. The van der Waals surface area contributed by atoms with Crippen molar-refractivity contribution < 1.29 is 14.3 Å². The number of thioether (sulfide) groups is 1. The van der Waals surface area contributed by atoms with Gasteiger partial charge in [0.15, 0.2) is 5.82 Å². The average Bonchev–Trinajstić information content (AvgIpc) is 3.21. The van der Waals surface area contributed by atoms with Crippen LogP contribution >= 0.6 is 11.8 Å². The van der Waals surface area contributed by atoms with Crippen LogP contribution in [0.5, 0.6) is 5.75 Å². The van der Waals surface area contributed by atoms with Gasteiger partial charge in [0.05, 0.1) is 19.4 Å². The van der Waals surface area contributed by atoms with E-state index in [1.165, 1.54) is 11.8 Å². The molecule has 1 N–H and O–H groups in total. The Morgan fingerprint density at radius 3 is 2.48 bits per heavy atom. The average molecular weight is 419 g/mol. The molecule has 0 saturated carbocycles. The van der Waals surface area contributed by atoms with Gasteiger partial charge >= 0.3 is 0 Å². The standard InChI is InChI=1S/C19H26N6O3S/c1-23(2)16(26)12-24-8-10-25(11-9-24)17(27)13-29-19-20-18(21-22-19)14-4-6-15(28-3)7-5-14/h4-7H,8-13H2,1-3H3,(H,20,21,22). The molecular formula is C19H26N6O3S. The Balaban J connectivity index is 1.45. The Bertz CT molecular complexity index is 831. The van der Waals surface area contributed by atoms with Gasteiger partial charge in [-0.25, -0.2) is 4.98 Å². The van der Waals surface area contributed by atoms with Crippen molar-refractivity contribution in [2.45, 2.75) is 5.16 Å². The fourth-order valence-electron chi connectivity index (χ4n) is 2.89. The number of likely N-dealkylation sites (N-methyl/N-ethyl adjacent to an activating group) is 1. The first-order valence-electron chi connectivity index (χ1n) is 9.36. The number of nitrogens with zero attached hydrogens (tertiary/aromatic N) is 5. The molecule has 3 rings (SSSR count). The zero-order valence-electron chi connectivity index (χ0n) is 16.9. The lowest BCUT2D eigenvalue weighted by Gasteiger charge is -2.34. The van der Waals surface area contributed by atoms with Gasteiger partial charge in [-0.2, -0.15) is 0 Å². The topological polar surface area (TPSA) is 94.7 Å². The summed E-state index contributed by atoms with van der Waals surface area (Å²) in [5.74, 6) is 1.86. The fraction of sp³-hybridized carbons (Fsp3) is 0.474. The van der Waals surface area contributed by atoms with E-state index in [-0.39, 0.29) is 17.6 Å². The summed E-state index contributed by atoms with van der Waals surface area (Å²) in [4.78, 5) is 34.2. The molecule has 0 atom stereocenters. The van der Waals surface area contributed by atoms with Crippen molar-refractivity contribution in [1.82, 2.24) is 29.9 Å². The zero-order chi connectivity index (χ0) is 20.8. The maximum atomic E-state index is 12.5. The van der Waals surface area contributed by atoms with E-state index in [0.29, 0.717) is 43.7 Å². The highest BCUT2D eigenvalue weighted by Crippen LogP contribution is 2.22. The van der Waals surface area contributed by atoms with Gasteiger partial charge in [-0.15, -0.1) is 5.10 Å². The molecule has 0 radical (unpaired) electrons. The van der Waals surface area contributed by atoms with Crippen LogP contribution in [0.3, 0.4) is 0 Å². The normalized spacial score (nSPS) is 14.7. The van der Waals surface area contributed by atoms with Crippen molar-refractivity contribution in [1.29, 1.82) is 0 Å². The molecule has 0 bridgehead atoms. The molecule has 10 heteroatoms. The van der Waals surface area contributed by atoms with Crippen molar-refractivity contribution in [2.75, 3.05) is 59.7 Å². The Labute approximate surface area is 174 Å². The second kappa shape index (κ2) is 9.75. The van der Waals surface area contributed by atoms with Crippen LogP contribution in [-0.4, -0.2) is 101 Å². The molecule has 29 heavy (non-hydrogen) atoms. The molecule has 1 saturated heterocycles. The molecule has 2 heterocycles. The predicted molar refractivity (Wildman–Crippen MR) is 111 cm³/mol. The van der Waals surface area contributed by atoms with Crippen molar-refractivity contribution >= 4 is 23.6 Å². The van der Waals surface area contributed by atoms with Gasteiger partial charge in [0.2, 0.25) is 17.0 Å². The lowest BCUT2D eigenvalue weighted by molar-refractivity contribution is -0.132. The molecule has 0 aliphatic carbocycles. The lowest BCUT2D eigenvalue weighted by atomic mass is 10.2. The molecule has 2 aromatic rings. The van der Waals surface area contributed by atoms with Crippen LogP contribution in [0.25, 0.3) is 11.4 Å². The monoisotopic (exact) mass is 418 g/mol. The Kier molecular flexibility index (Phi) is 7.10. The first-order valence-corrected chi connectivity index (χ1v) is 10.3. The lowest BCUT2D eigenvalue weighted by Crippen LogP contribution is -2.51. The quantitative estimate of drug-likeness (QED) is 0.665. The van der Waals surface area contributed by atoms with Crippen molar-refractivity contribution in [3.63, 3.8) is 0 Å². The largest absolute Gasteiger partial charge is 0.497 e. The third-order valence-electron chi connectivity index (χ3n) is 4.74. The molecule has 2 amide bonds. The second-order valence-corrected chi connectivity index (χ2v) is 7.87. The maximum absolute atomic E-state index is 12.5. The summed E-state index contributed by atoms with van der Waals surface area (Å²) in [6.45, 7) is 3.07. The number of carbonyl (C=O) groups excluding carboxylic acids is 2. The molecule has 1 aromatic heterocycles. The molecule has 1 aliphatic rings. The molecule has 156 valence electrons. The summed E-state index contributed by atoms with van der Waals surface area (Å²) in [6, 6.07) is 7.53. The number of aromatic amines is 1. The van der Waals surface area contributed by atoms with E-state index < -0.39 is 0 Å². The summed E-state index contributed by atoms with van der Waals surface area (Å²) in [5, 5.41) is 7.63. The first kappa shape index (κ1) is 21.1. The number of amides is 2. The van der Waals surface area contributed by atoms with Crippen molar-refractivity contribution in [3.05, 3.63) is 24.3 Å². The number of H-pyrrole nitrogens is 1. The second-order valence-electron chi connectivity index (χ2n) is 6.93. The van der Waals surface area contributed by atoms with Gasteiger partial charge < -0.3 is 14.5 Å². The van der Waals surface area contributed by atoms with Crippen LogP contribution in [0.2, 0.25) is 0 Å². The number of methoxy groups -OCH3 is 1. The third-order valence-corrected chi connectivity index (χ3v) is 5.57. The summed E-state index contributed by atoms with van der Waals surface area (Å²) in [7, 11) is 5.13. The van der Waals surface area contributed by atoms with Crippen molar-refractivity contribution in [2.24, 2.45) is 0 Å².